The molecule has 1 atom stereocenters. The monoisotopic (exact) mass is 243 g/mol. The van der Waals surface area contributed by atoms with Gasteiger partial charge in [-0.15, -0.1) is 0 Å². The van der Waals surface area contributed by atoms with Crippen molar-refractivity contribution in [2.45, 2.75) is 19.9 Å². The molecule has 0 saturated carbocycles. The lowest BCUT2D eigenvalue weighted by Crippen LogP contribution is -2.32. The lowest BCUT2D eigenvalue weighted by Gasteiger charge is -2.26. The maximum atomic E-state index is 13.0. The van der Waals surface area contributed by atoms with Gasteiger partial charge in [-0.3, -0.25) is 9.69 Å². The van der Waals surface area contributed by atoms with E-state index in [4.69, 9.17) is 5.11 Å². The van der Waals surface area contributed by atoms with E-state index in [2.05, 4.69) is 0 Å². The number of carbonyl (C=O) groups is 1. The van der Waals surface area contributed by atoms with Gasteiger partial charge in [0.25, 0.3) is 0 Å². The number of carboxylic acid groups (broad SMARTS) is 1. The van der Waals surface area contributed by atoms with Crippen LogP contribution in [-0.4, -0.2) is 29.1 Å². The molecule has 3 nitrogen and oxygen atoms in total. The average Bonchev–Trinajstić information content (AvgIpc) is 2.23. The van der Waals surface area contributed by atoms with Crippen molar-refractivity contribution in [3.8, 4) is 0 Å². The number of hydrogen-bond donors (Lipinski definition) is 1. The standard InChI is InChI=1S/C12H15F2NO2/c1-3-15(7-12(16)17)8(2)9-4-10(13)6-11(14)5-9/h4-6,8H,3,7H2,1-2H3,(H,16,17). The first kappa shape index (κ1) is 13.6. The summed E-state index contributed by atoms with van der Waals surface area (Å²) < 4.78 is 26.1. The molecule has 1 aromatic carbocycles. The molecule has 1 N–H and O–H groups in total. The summed E-state index contributed by atoms with van der Waals surface area (Å²) in [6, 6.07) is 2.89. The van der Waals surface area contributed by atoms with Crippen molar-refractivity contribution in [3.05, 3.63) is 35.4 Å². The minimum Gasteiger partial charge on any atom is -0.480 e. The van der Waals surface area contributed by atoms with Crippen LogP contribution in [0.5, 0.6) is 0 Å². The Labute approximate surface area is 98.7 Å². The second kappa shape index (κ2) is 5.72. The Morgan fingerprint density at radius 3 is 2.29 bits per heavy atom. The summed E-state index contributed by atoms with van der Waals surface area (Å²) in [6.07, 6.45) is 0. The zero-order valence-corrected chi connectivity index (χ0v) is 9.78. The first-order valence-electron chi connectivity index (χ1n) is 5.36. The number of hydrogen-bond acceptors (Lipinski definition) is 2. The first-order chi connectivity index (χ1) is 7.93. The van der Waals surface area contributed by atoms with Crippen LogP contribution in [0.15, 0.2) is 18.2 Å². The Hall–Kier alpha value is -1.49. The van der Waals surface area contributed by atoms with Crippen LogP contribution in [0.4, 0.5) is 8.78 Å². The maximum Gasteiger partial charge on any atom is 0.317 e. The summed E-state index contributed by atoms with van der Waals surface area (Å²) in [5.41, 5.74) is 0.436. The molecule has 0 radical (unpaired) electrons. The highest BCUT2D eigenvalue weighted by atomic mass is 19.1. The molecule has 1 unspecified atom stereocenters. The van der Waals surface area contributed by atoms with Crippen molar-refractivity contribution in [2.75, 3.05) is 13.1 Å². The van der Waals surface area contributed by atoms with Gasteiger partial charge in [0.15, 0.2) is 0 Å². The summed E-state index contributed by atoms with van der Waals surface area (Å²) >= 11 is 0. The number of nitrogens with zero attached hydrogens (tertiary/aromatic N) is 1. The first-order valence-corrected chi connectivity index (χ1v) is 5.36. The largest absolute Gasteiger partial charge is 0.480 e. The van der Waals surface area contributed by atoms with Gasteiger partial charge in [0, 0.05) is 12.1 Å². The average molecular weight is 243 g/mol. The smallest absolute Gasteiger partial charge is 0.317 e. The molecule has 0 aliphatic rings. The summed E-state index contributed by atoms with van der Waals surface area (Å²) in [7, 11) is 0. The maximum absolute atomic E-state index is 13.0. The third-order valence-corrected chi connectivity index (χ3v) is 2.66. The van der Waals surface area contributed by atoms with Crippen LogP contribution in [-0.2, 0) is 4.79 Å². The molecule has 0 saturated heterocycles. The fraction of sp³-hybridized carbons (Fsp3) is 0.417. The highest BCUT2D eigenvalue weighted by Gasteiger charge is 2.18. The molecule has 0 amide bonds. The predicted molar refractivity (Wildman–Crippen MR) is 59.7 cm³/mol. The van der Waals surface area contributed by atoms with Crippen LogP contribution in [0.25, 0.3) is 0 Å². The summed E-state index contributed by atoms with van der Waals surface area (Å²) in [5.74, 6) is -2.27. The number of carboxylic acids is 1. The van der Waals surface area contributed by atoms with Gasteiger partial charge in [-0.25, -0.2) is 8.78 Å². The summed E-state index contributed by atoms with van der Waals surface area (Å²) in [6.45, 7) is 3.86. The lowest BCUT2D eigenvalue weighted by molar-refractivity contribution is -0.138. The van der Waals surface area contributed by atoms with Crippen molar-refractivity contribution < 1.29 is 18.7 Å². The molecular weight excluding hydrogens is 228 g/mol. The third-order valence-electron chi connectivity index (χ3n) is 2.66. The normalized spacial score (nSPS) is 12.8. The van der Waals surface area contributed by atoms with Gasteiger partial charge >= 0.3 is 5.97 Å². The van der Waals surface area contributed by atoms with E-state index >= 15 is 0 Å². The fourth-order valence-corrected chi connectivity index (χ4v) is 1.72. The highest BCUT2D eigenvalue weighted by Crippen LogP contribution is 2.21. The molecule has 94 valence electrons. The SMILES string of the molecule is CCN(CC(=O)O)C(C)c1cc(F)cc(F)c1. The lowest BCUT2D eigenvalue weighted by atomic mass is 10.1. The molecule has 17 heavy (non-hydrogen) atoms. The van der Waals surface area contributed by atoms with Crippen LogP contribution in [0.2, 0.25) is 0 Å². The molecule has 0 spiro atoms. The van der Waals surface area contributed by atoms with Crippen molar-refractivity contribution >= 4 is 5.97 Å². The molecule has 0 heterocycles. The Morgan fingerprint density at radius 2 is 1.88 bits per heavy atom. The second-order valence-electron chi connectivity index (χ2n) is 3.84. The molecule has 1 aromatic rings. The number of likely N-dealkylation sites (N-methyl/N-ethyl adjacent to an activating group) is 1. The molecule has 0 aliphatic carbocycles. The Bertz CT molecular complexity index is 389. The minimum absolute atomic E-state index is 0.157. The van der Waals surface area contributed by atoms with Gasteiger partial charge in [0.05, 0.1) is 6.54 Å². The molecular formula is C12H15F2NO2. The van der Waals surface area contributed by atoms with Crippen LogP contribution in [0, 0.1) is 11.6 Å². The third kappa shape index (κ3) is 3.78. The zero-order chi connectivity index (χ0) is 13.0. The van der Waals surface area contributed by atoms with E-state index in [1.54, 1.807) is 18.7 Å². The van der Waals surface area contributed by atoms with Crippen LogP contribution < -0.4 is 0 Å². The van der Waals surface area contributed by atoms with E-state index in [0.717, 1.165) is 6.07 Å². The Balaban J connectivity index is 2.92. The van der Waals surface area contributed by atoms with Crippen LogP contribution in [0.3, 0.4) is 0 Å². The van der Waals surface area contributed by atoms with E-state index in [1.165, 1.54) is 12.1 Å². The van der Waals surface area contributed by atoms with E-state index in [0.29, 0.717) is 12.1 Å². The minimum atomic E-state index is -0.962. The quantitative estimate of drug-likeness (QED) is 0.863. The van der Waals surface area contributed by atoms with Crippen LogP contribution >= 0.6 is 0 Å². The van der Waals surface area contributed by atoms with Crippen molar-refractivity contribution in [1.29, 1.82) is 0 Å². The van der Waals surface area contributed by atoms with Crippen molar-refractivity contribution in [1.82, 2.24) is 4.90 Å². The van der Waals surface area contributed by atoms with E-state index in [-0.39, 0.29) is 12.6 Å². The summed E-state index contributed by atoms with van der Waals surface area (Å²) in [5, 5.41) is 8.73. The number of halogens is 2. The van der Waals surface area contributed by atoms with Crippen LogP contribution in [0.1, 0.15) is 25.5 Å². The second-order valence-corrected chi connectivity index (χ2v) is 3.84. The number of rotatable bonds is 5. The predicted octanol–water partition coefficient (Wildman–Crippen LogP) is 2.43. The van der Waals surface area contributed by atoms with Gasteiger partial charge in [-0.1, -0.05) is 6.92 Å². The Morgan fingerprint density at radius 1 is 1.35 bits per heavy atom. The van der Waals surface area contributed by atoms with E-state index in [1.807, 2.05) is 0 Å². The molecule has 0 aromatic heterocycles. The van der Waals surface area contributed by atoms with Gasteiger partial charge < -0.3 is 5.11 Å². The Kier molecular flexibility index (Phi) is 4.57. The molecule has 0 aliphatic heterocycles. The fourth-order valence-electron chi connectivity index (χ4n) is 1.72. The van der Waals surface area contributed by atoms with Gasteiger partial charge in [-0.2, -0.15) is 0 Å². The number of benzene rings is 1. The summed E-state index contributed by atoms with van der Waals surface area (Å²) in [4.78, 5) is 12.3. The zero-order valence-electron chi connectivity index (χ0n) is 9.78. The molecule has 5 heteroatoms. The van der Waals surface area contributed by atoms with Crippen molar-refractivity contribution in [2.24, 2.45) is 0 Å². The van der Waals surface area contributed by atoms with E-state index in [9.17, 15) is 13.6 Å². The van der Waals surface area contributed by atoms with E-state index < -0.39 is 17.6 Å². The molecule has 0 fully saturated rings. The molecule has 0 bridgehead atoms. The molecule has 1 rings (SSSR count). The highest BCUT2D eigenvalue weighted by molar-refractivity contribution is 5.69. The van der Waals surface area contributed by atoms with Gasteiger partial charge in [0.1, 0.15) is 11.6 Å². The topological polar surface area (TPSA) is 40.5 Å². The van der Waals surface area contributed by atoms with Crippen molar-refractivity contribution in [3.63, 3.8) is 0 Å². The number of aliphatic carboxylic acids is 1. The van der Waals surface area contributed by atoms with Gasteiger partial charge in [-0.05, 0) is 31.2 Å². The van der Waals surface area contributed by atoms with Gasteiger partial charge in [0.2, 0.25) is 0 Å².